The third-order valence-corrected chi connectivity index (χ3v) is 8.13. The minimum atomic E-state index is -0.764. The maximum absolute atomic E-state index is 13.8. The Morgan fingerprint density at radius 2 is 1.70 bits per heavy atom. The molecule has 1 saturated heterocycles. The second kappa shape index (κ2) is 8.40. The van der Waals surface area contributed by atoms with Gasteiger partial charge in [-0.1, -0.05) is 35.9 Å². The van der Waals surface area contributed by atoms with Gasteiger partial charge in [-0.15, -0.1) is 0 Å². The van der Waals surface area contributed by atoms with Crippen molar-refractivity contribution in [1.82, 2.24) is 0 Å². The van der Waals surface area contributed by atoms with Crippen molar-refractivity contribution in [2.75, 3.05) is 12.0 Å². The van der Waals surface area contributed by atoms with Crippen molar-refractivity contribution in [2.45, 2.75) is 25.7 Å². The van der Waals surface area contributed by atoms with Crippen molar-refractivity contribution in [1.29, 1.82) is 0 Å². The Balaban J connectivity index is 1.54. The fourth-order valence-corrected chi connectivity index (χ4v) is 6.55. The number of amides is 2. The highest BCUT2D eigenvalue weighted by Crippen LogP contribution is 2.57. The van der Waals surface area contributed by atoms with E-state index in [1.807, 2.05) is 12.1 Å². The summed E-state index contributed by atoms with van der Waals surface area (Å²) in [7, 11) is 1.48. The normalized spacial score (nSPS) is 26.9. The van der Waals surface area contributed by atoms with E-state index in [4.69, 9.17) is 4.74 Å². The van der Waals surface area contributed by atoms with Gasteiger partial charge < -0.3 is 9.84 Å². The molecule has 2 aromatic carbocycles. The number of carbonyl (C=O) groups excluding carboxylic acids is 4. The van der Waals surface area contributed by atoms with E-state index in [9.17, 15) is 24.3 Å². The molecular weight excluding hydrogens is 470 g/mol. The number of ether oxygens (including phenoxy) is 1. The molecule has 2 amide bonds. The zero-order chi connectivity index (χ0) is 26.0. The number of allylic oxidation sites excluding steroid dienone is 6. The summed E-state index contributed by atoms with van der Waals surface area (Å²) in [6, 6.07) is 13.7. The lowest BCUT2D eigenvalue weighted by atomic mass is 9.59. The number of hydrogen-bond donors (Lipinski definition) is 1. The van der Waals surface area contributed by atoms with E-state index in [1.54, 1.807) is 43.3 Å². The Morgan fingerprint density at radius 1 is 0.946 bits per heavy atom. The molecule has 7 heteroatoms. The summed E-state index contributed by atoms with van der Waals surface area (Å²) in [5.74, 6) is -3.23. The molecule has 0 bridgehead atoms. The molecule has 0 spiro atoms. The predicted octanol–water partition coefficient (Wildman–Crippen LogP) is 4.03. The molecule has 7 nitrogen and oxygen atoms in total. The Morgan fingerprint density at radius 3 is 2.43 bits per heavy atom. The fourth-order valence-electron chi connectivity index (χ4n) is 6.55. The quantitative estimate of drug-likeness (QED) is 0.392. The maximum atomic E-state index is 13.8. The van der Waals surface area contributed by atoms with Crippen LogP contribution in [0, 0.1) is 17.8 Å². The number of nitrogens with zero attached hydrogens (tertiary/aromatic N) is 1. The number of methoxy groups -OCH3 is 1. The van der Waals surface area contributed by atoms with Gasteiger partial charge in [-0.2, -0.15) is 0 Å². The van der Waals surface area contributed by atoms with Crippen LogP contribution in [-0.2, 0) is 19.2 Å². The summed E-state index contributed by atoms with van der Waals surface area (Å²) < 4.78 is 5.57. The number of hydrogen-bond acceptors (Lipinski definition) is 6. The largest absolute Gasteiger partial charge is 0.507 e. The summed E-state index contributed by atoms with van der Waals surface area (Å²) >= 11 is 0. The number of ketones is 2. The van der Waals surface area contributed by atoms with Crippen LogP contribution in [0.2, 0.25) is 0 Å². The highest BCUT2D eigenvalue weighted by atomic mass is 16.5. The van der Waals surface area contributed by atoms with Gasteiger partial charge in [0.2, 0.25) is 11.8 Å². The molecule has 37 heavy (non-hydrogen) atoms. The summed E-state index contributed by atoms with van der Waals surface area (Å²) in [6.45, 7) is 1.61. The first-order valence-electron chi connectivity index (χ1n) is 12.3. The summed E-state index contributed by atoms with van der Waals surface area (Å²) in [6.07, 6.45) is 3.78. The molecule has 1 N–H and O–H groups in total. The van der Waals surface area contributed by atoms with Crippen molar-refractivity contribution in [3.63, 3.8) is 0 Å². The molecule has 0 saturated carbocycles. The molecule has 4 atom stereocenters. The highest BCUT2D eigenvalue weighted by molar-refractivity contribution is 6.25. The standard InChI is InChI=1S/C30H25NO6/c1-15-13-22(33)25-20(28(15)34)14-19-17(26(25)27-21(32)9-6-10-23(27)37-2)11-12-18-24(19)30(36)31(29(18)35)16-7-4-3-5-8-16/h3-11,13,18-19,24,26,32H,12,14H2,1-2H3. The van der Waals surface area contributed by atoms with Crippen molar-refractivity contribution < 1.29 is 29.0 Å². The lowest BCUT2D eigenvalue weighted by molar-refractivity contribution is -0.123. The zero-order valence-corrected chi connectivity index (χ0v) is 20.4. The number of imide groups is 1. The maximum Gasteiger partial charge on any atom is 0.238 e. The van der Waals surface area contributed by atoms with Crippen LogP contribution >= 0.6 is 0 Å². The SMILES string of the molecule is COc1cccc(O)c1C1C2=CCC3C(=O)N(c4ccccc4)C(=O)C3C2CC2=C1C(=O)C=C(C)C2=O. The van der Waals surface area contributed by atoms with E-state index in [-0.39, 0.29) is 35.6 Å². The Bertz CT molecular complexity index is 1480. The van der Waals surface area contributed by atoms with Crippen LogP contribution in [0.3, 0.4) is 0 Å². The van der Waals surface area contributed by atoms with E-state index < -0.39 is 23.7 Å². The second-order valence-corrected chi connectivity index (χ2v) is 9.97. The number of fused-ring (bicyclic) bond motifs is 3. The van der Waals surface area contributed by atoms with Gasteiger partial charge in [-0.25, -0.2) is 0 Å². The fraction of sp³-hybridized carbons (Fsp3) is 0.267. The molecule has 4 unspecified atom stereocenters. The monoisotopic (exact) mass is 495 g/mol. The van der Waals surface area contributed by atoms with E-state index in [0.717, 1.165) is 5.57 Å². The van der Waals surface area contributed by atoms with Gasteiger partial charge in [-0.05, 0) is 56.0 Å². The van der Waals surface area contributed by atoms with Crippen molar-refractivity contribution in [3.05, 3.63) is 88.5 Å². The number of phenols is 1. The number of aromatic hydroxyl groups is 1. The van der Waals surface area contributed by atoms with E-state index in [0.29, 0.717) is 40.1 Å². The number of benzene rings is 2. The molecule has 1 aliphatic heterocycles. The minimum absolute atomic E-state index is 0.0638. The van der Waals surface area contributed by atoms with Crippen LogP contribution in [0.1, 0.15) is 31.2 Å². The van der Waals surface area contributed by atoms with Crippen molar-refractivity contribution >= 4 is 29.1 Å². The van der Waals surface area contributed by atoms with Crippen LogP contribution in [0.15, 0.2) is 83.0 Å². The highest BCUT2D eigenvalue weighted by Gasteiger charge is 2.57. The summed E-state index contributed by atoms with van der Waals surface area (Å²) in [4.78, 5) is 55.3. The Kier molecular flexibility index (Phi) is 5.26. The van der Waals surface area contributed by atoms with Gasteiger partial charge in [0.15, 0.2) is 11.6 Å². The lowest BCUT2D eigenvalue weighted by Gasteiger charge is -2.42. The molecule has 186 valence electrons. The number of phenolic OH excluding ortho intramolecular Hbond substituents is 1. The van der Waals surface area contributed by atoms with Crippen LogP contribution in [0.5, 0.6) is 11.5 Å². The average molecular weight is 496 g/mol. The first kappa shape index (κ1) is 23.2. The zero-order valence-electron chi connectivity index (χ0n) is 20.4. The molecule has 1 heterocycles. The summed E-state index contributed by atoms with van der Waals surface area (Å²) in [5.41, 5.74) is 2.68. The van der Waals surface area contributed by atoms with Gasteiger partial charge in [0, 0.05) is 28.2 Å². The number of carbonyl (C=O) groups is 4. The average Bonchev–Trinajstić information content (AvgIpc) is 3.16. The van der Waals surface area contributed by atoms with Gasteiger partial charge in [0.25, 0.3) is 0 Å². The molecule has 0 radical (unpaired) electrons. The molecule has 6 rings (SSSR count). The smallest absolute Gasteiger partial charge is 0.238 e. The Hall–Kier alpha value is -4.26. The molecule has 1 fully saturated rings. The lowest BCUT2D eigenvalue weighted by Crippen LogP contribution is -2.40. The molecular formula is C30H25NO6. The van der Waals surface area contributed by atoms with Crippen LogP contribution in [0.25, 0.3) is 0 Å². The van der Waals surface area contributed by atoms with E-state index in [2.05, 4.69) is 0 Å². The topological polar surface area (TPSA) is 101 Å². The predicted molar refractivity (Wildman–Crippen MR) is 135 cm³/mol. The van der Waals surface area contributed by atoms with Gasteiger partial charge in [-0.3, -0.25) is 24.1 Å². The number of Topliss-reactive ketones (excluding diaryl/α,β-unsaturated/α-hetero) is 1. The molecule has 3 aliphatic carbocycles. The van der Waals surface area contributed by atoms with Crippen LogP contribution in [0.4, 0.5) is 5.69 Å². The first-order valence-corrected chi connectivity index (χ1v) is 12.3. The van der Waals surface area contributed by atoms with E-state index in [1.165, 1.54) is 24.2 Å². The Labute approximate surface area is 213 Å². The molecule has 0 aromatic heterocycles. The third kappa shape index (κ3) is 3.26. The van der Waals surface area contributed by atoms with Gasteiger partial charge in [0.05, 0.1) is 24.6 Å². The number of anilines is 1. The van der Waals surface area contributed by atoms with Crippen LogP contribution in [-0.4, -0.2) is 35.6 Å². The van der Waals surface area contributed by atoms with Crippen molar-refractivity contribution in [3.8, 4) is 11.5 Å². The molecule has 4 aliphatic rings. The third-order valence-electron chi connectivity index (χ3n) is 8.13. The van der Waals surface area contributed by atoms with Gasteiger partial charge in [0.1, 0.15) is 11.5 Å². The summed E-state index contributed by atoms with van der Waals surface area (Å²) in [5, 5.41) is 11.0. The number of para-hydroxylation sites is 1. The first-order chi connectivity index (χ1) is 17.8. The minimum Gasteiger partial charge on any atom is -0.507 e. The second-order valence-electron chi connectivity index (χ2n) is 9.97. The molecule has 2 aromatic rings. The van der Waals surface area contributed by atoms with Gasteiger partial charge >= 0.3 is 0 Å². The van der Waals surface area contributed by atoms with E-state index >= 15 is 0 Å². The number of rotatable bonds is 3. The van der Waals surface area contributed by atoms with Crippen molar-refractivity contribution in [2.24, 2.45) is 17.8 Å². The van der Waals surface area contributed by atoms with Crippen LogP contribution < -0.4 is 9.64 Å².